The number of esters is 1. The Balaban J connectivity index is 1.80. The summed E-state index contributed by atoms with van der Waals surface area (Å²) in [5.74, 6) is -1.61. The van der Waals surface area contributed by atoms with Crippen LogP contribution in [0, 0.1) is 5.82 Å². The zero-order valence-corrected chi connectivity index (χ0v) is 14.8. The van der Waals surface area contributed by atoms with E-state index in [-0.39, 0.29) is 17.2 Å². The van der Waals surface area contributed by atoms with E-state index in [1.54, 1.807) is 12.1 Å². The molecule has 0 aliphatic rings. The van der Waals surface area contributed by atoms with Crippen LogP contribution in [0.15, 0.2) is 54.7 Å². The fourth-order valence-electron chi connectivity index (χ4n) is 2.38. The number of rotatable bonds is 5. The molecule has 10 heteroatoms. The predicted molar refractivity (Wildman–Crippen MR) is 95.2 cm³/mol. The van der Waals surface area contributed by atoms with Gasteiger partial charge in [0.15, 0.2) is 5.82 Å². The van der Waals surface area contributed by atoms with Gasteiger partial charge in [0, 0.05) is 11.3 Å². The van der Waals surface area contributed by atoms with Crippen molar-refractivity contribution >= 4 is 17.6 Å². The van der Waals surface area contributed by atoms with E-state index in [4.69, 9.17) is 0 Å². The van der Waals surface area contributed by atoms with Gasteiger partial charge in [0.05, 0.1) is 18.9 Å². The van der Waals surface area contributed by atoms with Crippen molar-refractivity contribution in [3.63, 3.8) is 0 Å². The number of aromatic nitrogens is 2. The monoisotopic (exact) mass is 407 g/mol. The van der Waals surface area contributed by atoms with Crippen LogP contribution in [0.5, 0.6) is 5.75 Å². The molecule has 0 bridgehead atoms. The second-order valence-corrected chi connectivity index (χ2v) is 5.66. The highest BCUT2D eigenvalue weighted by molar-refractivity contribution is 5.89. The van der Waals surface area contributed by atoms with Crippen LogP contribution in [0.3, 0.4) is 0 Å². The van der Waals surface area contributed by atoms with E-state index in [1.165, 1.54) is 31.4 Å². The number of hydrogen-bond donors (Lipinski definition) is 1. The molecule has 0 atom stereocenters. The molecule has 2 aromatic carbocycles. The van der Waals surface area contributed by atoms with E-state index in [9.17, 15) is 22.4 Å². The molecule has 1 N–H and O–H groups in total. The quantitative estimate of drug-likeness (QED) is 0.488. The van der Waals surface area contributed by atoms with Crippen molar-refractivity contribution in [1.29, 1.82) is 0 Å². The lowest BCUT2D eigenvalue weighted by Crippen LogP contribution is -2.16. The Labute approximate surface area is 162 Å². The summed E-state index contributed by atoms with van der Waals surface area (Å²) < 4.78 is 59.3. The SMILES string of the molecule is COC(=O)c1ccc(Nc2ncc(F)c(-c3ccc(OC(F)(F)F)cc3)n2)cc1. The maximum Gasteiger partial charge on any atom is 0.573 e. The lowest BCUT2D eigenvalue weighted by atomic mass is 10.1. The Hall–Kier alpha value is -3.69. The summed E-state index contributed by atoms with van der Waals surface area (Å²) in [4.78, 5) is 19.3. The molecule has 0 radical (unpaired) electrons. The normalized spacial score (nSPS) is 11.1. The number of alkyl halides is 3. The molecular weight excluding hydrogens is 394 g/mol. The summed E-state index contributed by atoms with van der Waals surface area (Å²) in [5.41, 5.74) is 1.01. The van der Waals surface area contributed by atoms with Gasteiger partial charge in [-0.2, -0.15) is 0 Å². The van der Waals surface area contributed by atoms with E-state index in [1.807, 2.05) is 0 Å². The largest absolute Gasteiger partial charge is 0.573 e. The van der Waals surface area contributed by atoms with E-state index in [2.05, 4.69) is 24.8 Å². The van der Waals surface area contributed by atoms with E-state index in [0.717, 1.165) is 18.3 Å². The first kappa shape index (κ1) is 20.1. The number of ether oxygens (including phenoxy) is 2. The molecule has 0 amide bonds. The Kier molecular flexibility index (Phi) is 5.62. The fourth-order valence-corrected chi connectivity index (χ4v) is 2.38. The number of halogens is 4. The van der Waals surface area contributed by atoms with Crippen molar-refractivity contribution in [2.45, 2.75) is 6.36 Å². The van der Waals surface area contributed by atoms with Crippen molar-refractivity contribution in [2.24, 2.45) is 0 Å². The summed E-state index contributed by atoms with van der Waals surface area (Å²) in [5, 5.41) is 2.85. The highest BCUT2D eigenvalue weighted by Crippen LogP contribution is 2.27. The molecule has 0 unspecified atom stereocenters. The molecule has 3 rings (SSSR count). The number of benzene rings is 2. The molecule has 1 heterocycles. The first-order valence-corrected chi connectivity index (χ1v) is 8.09. The maximum absolute atomic E-state index is 14.1. The van der Waals surface area contributed by atoms with Crippen LogP contribution in [0.1, 0.15) is 10.4 Å². The third-order valence-electron chi connectivity index (χ3n) is 3.67. The van der Waals surface area contributed by atoms with Gasteiger partial charge in [-0.1, -0.05) is 0 Å². The third kappa shape index (κ3) is 5.18. The number of nitrogens with zero attached hydrogens (tertiary/aromatic N) is 2. The average molecular weight is 407 g/mol. The standard InChI is InChI=1S/C19H13F4N3O3/c1-28-17(27)12-2-6-13(7-3-12)25-18-24-10-15(20)16(26-18)11-4-8-14(9-5-11)29-19(21,22)23/h2-10H,1H3,(H,24,25,26). The minimum Gasteiger partial charge on any atom is -0.465 e. The maximum atomic E-state index is 14.1. The second kappa shape index (κ2) is 8.13. The fraction of sp³-hybridized carbons (Fsp3) is 0.105. The number of nitrogens with one attached hydrogen (secondary N) is 1. The second-order valence-electron chi connectivity index (χ2n) is 5.66. The minimum atomic E-state index is -4.82. The zero-order valence-electron chi connectivity index (χ0n) is 14.8. The minimum absolute atomic E-state index is 0.0582. The summed E-state index contributed by atoms with van der Waals surface area (Å²) in [6.45, 7) is 0. The Morgan fingerprint density at radius 1 is 1.03 bits per heavy atom. The molecule has 29 heavy (non-hydrogen) atoms. The van der Waals surface area contributed by atoms with Crippen LogP contribution < -0.4 is 10.1 Å². The van der Waals surface area contributed by atoms with Crippen LogP contribution in [-0.4, -0.2) is 29.4 Å². The Morgan fingerprint density at radius 3 is 2.28 bits per heavy atom. The molecule has 0 spiro atoms. The number of anilines is 2. The summed E-state index contributed by atoms with van der Waals surface area (Å²) >= 11 is 0. The summed E-state index contributed by atoms with van der Waals surface area (Å²) in [6.07, 6.45) is -3.88. The van der Waals surface area contributed by atoms with Crippen LogP contribution >= 0.6 is 0 Å². The zero-order chi connectivity index (χ0) is 21.0. The third-order valence-corrected chi connectivity index (χ3v) is 3.67. The molecule has 150 valence electrons. The Morgan fingerprint density at radius 2 is 1.69 bits per heavy atom. The molecule has 0 aliphatic heterocycles. The van der Waals surface area contributed by atoms with Gasteiger partial charge >= 0.3 is 12.3 Å². The Bertz CT molecular complexity index is 1010. The first-order valence-electron chi connectivity index (χ1n) is 8.09. The number of carbonyl (C=O) groups is 1. The van der Waals surface area contributed by atoms with Gasteiger partial charge in [-0.3, -0.25) is 0 Å². The smallest absolute Gasteiger partial charge is 0.465 e. The topological polar surface area (TPSA) is 73.3 Å². The molecule has 1 aromatic heterocycles. The van der Waals surface area contributed by atoms with Gasteiger partial charge < -0.3 is 14.8 Å². The first-order chi connectivity index (χ1) is 13.7. The molecular formula is C19H13F4N3O3. The van der Waals surface area contributed by atoms with Crippen molar-refractivity contribution in [3.05, 3.63) is 66.1 Å². The van der Waals surface area contributed by atoms with Gasteiger partial charge in [0.1, 0.15) is 11.4 Å². The van der Waals surface area contributed by atoms with Crippen molar-refractivity contribution < 1.29 is 31.8 Å². The van der Waals surface area contributed by atoms with Crippen LogP contribution in [0.25, 0.3) is 11.3 Å². The predicted octanol–water partition coefficient (Wildman–Crippen LogP) is 4.71. The molecule has 0 aliphatic carbocycles. The lowest BCUT2D eigenvalue weighted by molar-refractivity contribution is -0.274. The van der Waals surface area contributed by atoms with Crippen molar-refractivity contribution in [2.75, 3.05) is 12.4 Å². The van der Waals surface area contributed by atoms with Crippen molar-refractivity contribution in [1.82, 2.24) is 9.97 Å². The van der Waals surface area contributed by atoms with Crippen LogP contribution in [-0.2, 0) is 4.74 Å². The van der Waals surface area contributed by atoms with E-state index >= 15 is 0 Å². The van der Waals surface area contributed by atoms with Gasteiger partial charge in [-0.25, -0.2) is 19.2 Å². The van der Waals surface area contributed by atoms with Crippen molar-refractivity contribution in [3.8, 4) is 17.0 Å². The highest BCUT2D eigenvalue weighted by Gasteiger charge is 2.31. The average Bonchev–Trinajstić information content (AvgIpc) is 2.69. The molecule has 0 saturated carbocycles. The van der Waals surface area contributed by atoms with Crippen LogP contribution in [0.2, 0.25) is 0 Å². The molecule has 3 aromatic rings. The van der Waals surface area contributed by atoms with E-state index in [0.29, 0.717) is 11.3 Å². The number of methoxy groups -OCH3 is 1. The van der Waals surface area contributed by atoms with E-state index < -0.39 is 23.9 Å². The number of carbonyl (C=O) groups excluding carboxylic acids is 1. The summed E-state index contributed by atoms with van der Waals surface area (Å²) in [6, 6.07) is 10.8. The van der Waals surface area contributed by atoms with Gasteiger partial charge in [-0.05, 0) is 48.5 Å². The van der Waals surface area contributed by atoms with Gasteiger partial charge in [0.25, 0.3) is 0 Å². The molecule has 6 nitrogen and oxygen atoms in total. The molecule has 0 fully saturated rings. The van der Waals surface area contributed by atoms with Gasteiger partial charge in [-0.15, -0.1) is 13.2 Å². The highest BCUT2D eigenvalue weighted by atomic mass is 19.4. The molecule has 0 saturated heterocycles. The van der Waals surface area contributed by atoms with Crippen LogP contribution in [0.4, 0.5) is 29.2 Å². The summed E-state index contributed by atoms with van der Waals surface area (Å²) in [7, 11) is 1.27. The number of hydrogen-bond acceptors (Lipinski definition) is 6. The lowest BCUT2D eigenvalue weighted by Gasteiger charge is -2.10. The van der Waals surface area contributed by atoms with Gasteiger partial charge in [0.2, 0.25) is 5.95 Å².